The minimum Gasteiger partial charge on any atom is -0.317 e. The lowest BCUT2D eigenvalue weighted by atomic mass is 10.1. The Morgan fingerprint density at radius 3 is 2.26 bits per heavy atom. The monoisotopic (exact) mass is 286 g/mol. The topological polar surface area (TPSA) is 67.2 Å². The quantitative estimate of drug-likeness (QED) is 0.874. The third-order valence-corrected chi connectivity index (χ3v) is 6.05. The molecule has 0 bridgehead atoms. The van der Waals surface area contributed by atoms with Crippen LogP contribution in [0.25, 0.3) is 0 Å². The molecule has 0 saturated carbocycles. The van der Waals surface area contributed by atoms with Crippen LogP contribution in [0.3, 0.4) is 0 Å². The number of aryl methyl sites for hydroxylation is 2. The van der Waals surface area contributed by atoms with Gasteiger partial charge in [-0.25, -0.2) is 8.42 Å². The molecule has 1 aliphatic rings. The number of rotatable bonds is 3. The molecule has 0 amide bonds. The first-order valence-corrected chi connectivity index (χ1v) is 7.99. The van der Waals surface area contributed by atoms with Gasteiger partial charge in [0.05, 0.1) is 11.4 Å². The highest BCUT2D eigenvalue weighted by Crippen LogP contribution is 2.25. The summed E-state index contributed by atoms with van der Waals surface area (Å²) in [6, 6.07) is 0.419. The van der Waals surface area contributed by atoms with Crippen LogP contribution in [0.4, 0.5) is 0 Å². The molecule has 19 heavy (non-hydrogen) atoms. The maximum Gasteiger partial charge on any atom is 0.246 e. The van der Waals surface area contributed by atoms with Crippen molar-refractivity contribution in [1.82, 2.24) is 19.4 Å². The molecule has 1 fully saturated rings. The molecule has 108 valence electrons. The number of hydrogen-bond acceptors (Lipinski definition) is 4. The van der Waals surface area contributed by atoms with Gasteiger partial charge in [-0.2, -0.15) is 9.40 Å². The van der Waals surface area contributed by atoms with Crippen molar-refractivity contribution in [3.63, 3.8) is 0 Å². The van der Waals surface area contributed by atoms with Gasteiger partial charge in [0.2, 0.25) is 10.0 Å². The van der Waals surface area contributed by atoms with Gasteiger partial charge in [0, 0.05) is 26.2 Å². The first kappa shape index (κ1) is 14.5. The smallest absolute Gasteiger partial charge is 0.246 e. The molecule has 6 nitrogen and oxygen atoms in total. The molecule has 0 aromatic carbocycles. The first-order chi connectivity index (χ1) is 8.87. The summed E-state index contributed by atoms with van der Waals surface area (Å²) in [5.74, 6) is 0. The molecule has 0 spiro atoms. The van der Waals surface area contributed by atoms with Crippen LogP contribution in [-0.2, 0) is 17.1 Å². The Labute approximate surface area is 114 Å². The lowest BCUT2D eigenvalue weighted by Gasteiger charge is -2.31. The number of sulfonamides is 1. The van der Waals surface area contributed by atoms with Crippen LogP contribution in [0.2, 0.25) is 0 Å². The minimum absolute atomic E-state index is 0.373. The maximum atomic E-state index is 12.7. The fourth-order valence-electron chi connectivity index (χ4n) is 2.64. The molecule has 0 radical (unpaired) electrons. The lowest BCUT2D eigenvalue weighted by molar-refractivity contribution is 0.298. The summed E-state index contributed by atoms with van der Waals surface area (Å²) in [6.07, 6.45) is 1.71. The van der Waals surface area contributed by atoms with Gasteiger partial charge >= 0.3 is 0 Å². The van der Waals surface area contributed by atoms with Crippen LogP contribution < -0.4 is 5.32 Å². The predicted molar refractivity (Wildman–Crippen MR) is 73.5 cm³/mol. The zero-order valence-corrected chi connectivity index (χ0v) is 12.8. The molecule has 1 aromatic rings. The van der Waals surface area contributed by atoms with Crippen molar-refractivity contribution in [2.75, 3.05) is 20.1 Å². The van der Waals surface area contributed by atoms with Crippen molar-refractivity contribution in [1.29, 1.82) is 0 Å². The molecule has 0 unspecified atom stereocenters. The van der Waals surface area contributed by atoms with Gasteiger partial charge in [-0.3, -0.25) is 4.68 Å². The minimum atomic E-state index is -3.41. The molecular weight excluding hydrogens is 264 g/mol. The standard InChI is InChI=1S/C12H22N4O2S/c1-9-12(10(2)15(4)14-9)19(17,18)16-7-5-11(13-3)6-8-16/h11,13H,5-8H2,1-4H3. The normalized spacial score (nSPS) is 18.9. The summed E-state index contributed by atoms with van der Waals surface area (Å²) >= 11 is 0. The van der Waals surface area contributed by atoms with Crippen molar-refractivity contribution in [2.24, 2.45) is 7.05 Å². The van der Waals surface area contributed by atoms with Gasteiger partial charge in [0.15, 0.2) is 0 Å². The van der Waals surface area contributed by atoms with Crippen LogP contribution in [0.5, 0.6) is 0 Å². The summed E-state index contributed by atoms with van der Waals surface area (Å²) in [4.78, 5) is 0.373. The fourth-order valence-corrected chi connectivity index (χ4v) is 4.51. The Bertz CT molecular complexity index is 557. The van der Waals surface area contributed by atoms with E-state index in [9.17, 15) is 8.42 Å². The van der Waals surface area contributed by atoms with E-state index < -0.39 is 10.0 Å². The Kier molecular flexibility index (Phi) is 3.98. The van der Waals surface area contributed by atoms with E-state index >= 15 is 0 Å². The van der Waals surface area contributed by atoms with E-state index in [0.717, 1.165) is 12.8 Å². The average Bonchev–Trinajstić information content (AvgIpc) is 2.63. The molecular formula is C12H22N4O2S. The molecule has 0 atom stereocenters. The number of hydrogen-bond donors (Lipinski definition) is 1. The van der Waals surface area contributed by atoms with E-state index in [2.05, 4.69) is 10.4 Å². The Balaban J connectivity index is 2.28. The molecule has 1 aliphatic heterocycles. The largest absolute Gasteiger partial charge is 0.317 e. The molecule has 2 rings (SSSR count). The fraction of sp³-hybridized carbons (Fsp3) is 0.750. The van der Waals surface area contributed by atoms with Gasteiger partial charge in [0.25, 0.3) is 0 Å². The maximum absolute atomic E-state index is 12.7. The molecule has 1 saturated heterocycles. The second-order valence-corrected chi connectivity index (χ2v) is 6.97. The van der Waals surface area contributed by atoms with Crippen molar-refractivity contribution in [2.45, 2.75) is 37.6 Å². The third-order valence-electron chi connectivity index (χ3n) is 3.90. The molecule has 1 N–H and O–H groups in total. The Morgan fingerprint density at radius 1 is 1.26 bits per heavy atom. The first-order valence-electron chi connectivity index (χ1n) is 6.55. The summed E-state index contributed by atoms with van der Waals surface area (Å²) < 4.78 is 28.6. The molecule has 7 heteroatoms. The SMILES string of the molecule is CNC1CCN(S(=O)(=O)c2c(C)nn(C)c2C)CC1. The average molecular weight is 286 g/mol. The molecule has 2 heterocycles. The third kappa shape index (κ3) is 2.54. The molecule has 0 aliphatic carbocycles. The van der Waals surface area contributed by atoms with Crippen LogP contribution in [0, 0.1) is 13.8 Å². The van der Waals surface area contributed by atoms with E-state index in [-0.39, 0.29) is 0 Å². The van der Waals surface area contributed by atoms with E-state index in [0.29, 0.717) is 35.4 Å². The van der Waals surface area contributed by atoms with Crippen molar-refractivity contribution >= 4 is 10.0 Å². The van der Waals surface area contributed by atoms with Crippen molar-refractivity contribution < 1.29 is 8.42 Å². The van der Waals surface area contributed by atoms with Gasteiger partial charge in [0.1, 0.15) is 4.90 Å². The summed E-state index contributed by atoms with van der Waals surface area (Å²) in [7, 11) is 0.281. The van der Waals surface area contributed by atoms with Crippen molar-refractivity contribution in [3.8, 4) is 0 Å². The highest BCUT2D eigenvalue weighted by molar-refractivity contribution is 7.89. The number of nitrogens with one attached hydrogen (secondary N) is 1. The summed E-state index contributed by atoms with van der Waals surface area (Å²) in [6.45, 7) is 4.69. The van der Waals surface area contributed by atoms with E-state index in [4.69, 9.17) is 0 Å². The second kappa shape index (κ2) is 5.22. The van der Waals surface area contributed by atoms with E-state index in [1.807, 2.05) is 7.05 Å². The lowest BCUT2D eigenvalue weighted by Crippen LogP contribution is -2.44. The van der Waals surface area contributed by atoms with Crippen LogP contribution >= 0.6 is 0 Å². The Morgan fingerprint density at radius 2 is 1.84 bits per heavy atom. The molecule has 1 aromatic heterocycles. The second-order valence-electron chi connectivity index (χ2n) is 5.09. The van der Waals surface area contributed by atoms with Crippen LogP contribution in [-0.4, -0.2) is 48.7 Å². The number of piperidine rings is 1. The highest BCUT2D eigenvalue weighted by atomic mass is 32.2. The Hall–Kier alpha value is -0.920. The van der Waals surface area contributed by atoms with E-state index in [1.165, 1.54) is 0 Å². The van der Waals surface area contributed by atoms with E-state index in [1.54, 1.807) is 29.9 Å². The summed E-state index contributed by atoms with van der Waals surface area (Å²) in [5.41, 5.74) is 1.28. The van der Waals surface area contributed by atoms with Gasteiger partial charge < -0.3 is 5.32 Å². The van der Waals surface area contributed by atoms with Crippen LogP contribution in [0.1, 0.15) is 24.2 Å². The van der Waals surface area contributed by atoms with Gasteiger partial charge in [-0.15, -0.1) is 0 Å². The predicted octanol–water partition coefficient (Wildman–Crippen LogP) is 0.409. The van der Waals surface area contributed by atoms with Crippen molar-refractivity contribution in [3.05, 3.63) is 11.4 Å². The summed E-state index contributed by atoms with van der Waals surface area (Å²) in [5, 5.41) is 7.41. The number of nitrogens with zero attached hydrogens (tertiary/aromatic N) is 3. The zero-order chi connectivity index (χ0) is 14.2. The number of aromatic nitrogens is 2. The van der Waals surface area contributed by atoms with Crippen LogP contribution in [0.15, 0.2) is 4.90 Å². The van der Waals surface area contributed by atoms with Gasteiger partial charge in [-0.05, 0) is 33.7 Å². The van der Waals surface area contributed by atoms with Gasteiger partial charge in [-0.1, -0.05) is 0 Å². The highest BCUT2D eigenvalue weighted by Gasteiger charge is 2.32. The zero-order valence-electron chi connectivity index (χ0n) is 12.0.